The molecule has 5 rings (SSSR count). The highest BCUT2D eigenvalue weighted by molar-refractivity contribution is 6.09. The molecule has 0 aliphatic carbocycles. The lowest BCUT2D eigenvalue weighted by Gasteiger charge is -2.33. The maximum Gasteiger partial charge on any atom is 0.327 e. The number of methoxy groups -OCH3 is 1. The van der Waals surface area contributed by atoms with E-state index in [-0.39, 0.29) is 19.5 Å². The molecule has 0 aromatic heterocycles. The van der Waals surface area contributed by atoms with Crippen molar-refractivity contribution in [2.24, 2.45) is 11.8 Å². The van der Waals surface area contributed by atoms with Crippen molar-refractivity contribution in [3.63, 3.8) is 0 Å². The molecule has 0 spiro atoms. The number of hydrogen-bond acceptors (Lipinski definition) is 6. The fraction of sp³-hybridized carbons (Fsp3) is 0.290. The first-order valence-electron chi connectivity index (χ1n) is 13.3. The zero-order valence-corrected chi connectivity index (χ0v) is 22.7. The molecule has 3 aromatic carbocycles. The van der Waals surface area contributed by atoms with Gasteiger partial charge in [0.15, 0.2) is 0 Å². The minimum Gasteiger partial charge on any atom is -0.468 e. The van der Waals surface area contributed by atoms with Gasteiger partial charge in [-0.25, -0.2) is 9.18 Å². The quantitative estimate of drug-likeness (QED) is 0.325. The lowest BCUT2D eigenvalue weighted by Crippen LogP contribution is -2.59. The van der Waals surface area contributed by atoms with Crippen LogP contribution in [0.2, 0.25) is 0 Å². The Morgan fingerprint density at radius 3 is 2.17 bits per heavy atom. The summed E-state index contributed by atoms with van der Waals surface area (Å²) in [7, 11) is 2.80. The van der Waals surface area contributed by atoms with Crippen molar-refractivity contribution in [3.8, 4) is 0 Å². The van der Waals surface area contributed by atoms with Gasteiger partial charge in [0.1, 0.15) is 11.4 Å². The van der Waals surface area contributed by atoms with Crippen LogP contribution in [0, 0.1) is 17.7 Å². The topological polar surface area (TPSA) is 108 Å². The largest absolute Gasteiger partial charge is 0.468 e. The minimum atomic E-state index is -1.53. The summed E-state index contributed by atoms with van der Waals surface area (Å²) in [5.41, 5.74) is 0.433. The number of halogens is 1. The van der Waals surface area contributed by atoms with E-state index in [0.29, 0.717) is 5.69 Å². The summed E-state index contributed by atoms with van der Waals surface area (Å²) < 4.78 is 18.5. The molecular weight excluding hydrogens is 527 g/mol. The maximum absolute atomic E-state index is 14.0. The molecule has 2 fully saturated rings. The van der Waals surface area contributed by atoms with E-state index in [1.165, 1.54) is 41.2 Å². The molecule has 3 aromatic rings. The number of likely N-dealkylation sites (tertiary alicyclic amines) is 1. The molecule has 0 saturated carbocycles. The van der Waals surface area contributed by atoms with E-state index in [4.69, 9.17) is 4.74 Å². The minimum absolute atomic E-state index is 0.0138. The molecule has 2 heterocycles. The molecule has 41 heavy (non-hydrogen) atoms. The van der Waals surface area contributed by atoms with Gasteiger partial charge < -0.3 is 15.0 Å². The van der Waals surface area contributed by atoms with Crippen LogP contribution in [-0.2, 0) is 32.1 Å². The van der Waals surface area contributed by atoms with Gasteiger partial charge in [-0.15, -0.1) is 0 Å². The highest BCUT2D eigenvalue weighted by Gasteiger charge is 2.68. The Hall–Kier alpha value is -4.57. The predicted molar refractivity (Wildman–Crippen MR) is 149 cm³/mol. The average Bonchev–Trinajstić information content (AvgIpc) is 3.43. The Morgan fingerprint density at radius 2 is 1.56 bits per heavy atom. The number of ether oxygens (including phenoxy) is 1. The Bertz CT molecular complexity index is 1440. The van der Waals surface area contributed by atoms with Gasteiger partial charge in [0, 0.05) is 31.7 Å². The van der Waals surface area contributed by atoms with Crippen LogP contribution in [0.1, 0.15) is 11.1 Å². The third-order valence-corrected chi connectivity index (χ3v) is 7.82. The fourth-order valence-electron chi connectivity index (χ4n) is 5.91. The van der Waals surface area contributed by atoms with Gasteiger partial charge in [-0.3, -0.25) is 24.6 Å². The number of fused-ring (bicyclic) bond motifs is 1. The van der Waals surface area contributed by atoms with Gasteiger partial charge in [-0.1, -0.05) is 60.7 Å². The van der Waals surface area contributed by atoms with Gasteiger partial charge in [0.2, 0.25) is 11.8 Å². The number of amides is 4. The zero-order chi connectivity index (χ0) is 29.1. The molecule has 0 bridgehead atoms. The van der Waals surface area contributed by atoms with E-state index < -0.39 is 53.0 Å². The molecule has 0 unspecified atom stereocenters. The van der Waals surface area contributed by atoms with Gasteiger partial charge in [0.05, 0.1) is 25.5 Å². The zero-order valence-electron chi connectivity index (χ0n) is 22.7. The number of nitrogens with zero attached hydrogens (tertiary/aromatic N) is 2. The number of hydrogen-bond donors (Lipinski definition) is 2. The van der Waals surface area contributed by atoms with Gasteiger partial charge in [-0.05, 0) is 35.4 Å². The summed E-state index contributed by atoms with van der Waals surface area (Å²) in [5, 5.41) is 5.99. The summed E-state index contributed by atoms with van der Waals surface area (Å²) in [6, 6.07) is 22.5. The van der Waals surface area contributed by atoms with Crippen molar-refractivity contribution in [2.45, 2.75) is 24.5 Å². The first kappa shape index (κ1) is 28.0. The number of carbonyl (C=O) groups excluding carboxylic acids is 4. The van der Waals surface area contributed by atoms with Crippen molar-refractivity contribution < 1.29 is 28.3 Å². The smallest absolute Gasteiger partial charge is 0.327 e. The monoisotopic (exact) mass is 558 g/mol. The van der Waals surface area contributed by atoms with E-state index in [9.17, 15) is 23.6 Å². The second-order valence-electron chi connectivity index (χ2n) is 10.4. The molecule has 2 saturated heterocycles. The number of esters is 1. The first-order valence-corrected chi connectivity index (χ1v) is 13.3. The number of nitrogens with one attached hydrogen (secondary N) is 2. The Kier molecular flexibility index (Phi) is 7.85. The Balaban J connectivity index is 1.47. The molecule has 0 radical (unpaired) electrons. The van der Waals surface area contributed by atoms with Crippen LogP contribution in [0.25, 0.3) is 0 Å². The highest BCUT2D eigenvalue weighted by Crippen LogP contribution is 2.45. The standard InChI is InChI=1S/C31H31FN4O5/c1-35(30(40)33-23-15-13-22(32)14-16-23)19-24-25-26(28(38)36(27(25)37)18-21-11-7-4-8-12-21)31(34-24,29(39)41-2)17-20-9-5-3-6-10-20/h3-16,24-26,34H,17-19H2,1-2H3,(H,33,40)/t24-,25+,26-,31-/m1/s1. The van der Waals surface area contributed by atoms with E-state index >= 15 is 0 Å². The highest BCUT2D eigenvalue weighted by atomic mass is 19.1. The van der Waals surface area contributed by atoms with E-state index in [1.807, 2.05) is 60.7 Å². The molecular formula is C31H31FN4O5. The Morgan fingerprint density at radius 1 is 0.951 bits per heavy atom. The van der Waals surface area contributed by atoms with Crippen LogP contribution in [-0.4, -0.2) is 65.9 Å². The molecule has 4 amide bonds. The van der Waals surface area contributed by atoms with Gasteiger partial charge in [-0.2, -0.15) is 0 Å². The molecule has 9 nitrogen and oxygen atoms in total. The number of benzene rings is 3. The van der Waals surface area contributed by atoms with E-state index in [1.54, 1.807) is 7.05 Å². The second kappa shape index (κ2) is 11.5. The van der Waals surface area contributed by atoms with Crippen LogP contribution in [0.3, 0.4) is 0 Å². The molecule has 2 aliphatic heterocycles. The molecule has 4 atom stereocenters. The fourth-order valence-corrected chi connectivity index (χ4v) is 5.91. The van der Waals surface area contributed by atoms with Crippen LogP contribution in [0.4, 0.5) is 14.9 Å². The summed E-state index contributed by atoms with van der Waals surface area (Å²) in [6.07, 6.45) is 0.113. The number of carbonyl (C=O) groups is 4. The van der Waals surface area contributed by atoms with Crippen LogP contribution in [0.5, 0.6) is 0 Å². The van der Waals surface area contributed by atoms with Crippen LogP contribution in [0.15, 0.2) is 84.9 Å². The second-order valence-corrected chi connectivity index (χ2v) is 10.4. The lowest BCUT2D eigenvalue weighted by atomic mass is 9.76. The normalized spacial score (nSPS) is 23.3. The first-order chi connectivity index (χ1) is 19.7. The van der Waals surface area contributed by atoms with Crippen molar-refractivity contribution in [1.29, 1.82) is 0 Å². The number of anilines is 1. The average molecular weight is 559 g/mol. The van der Waals surface area contributed by atoms with Crippen LogP contribution < -0.4 is 10.6 Å². The van der Waals surface area contributed by atoms with Gasteiger partial charge in [0.25, 0.3) is 0 Å². The molecule has 2 aliphatic rings. The SMILES string of the molecule is COC(=O)[C@]1(Cc2ccccc2)N[C@H](CN(C)C(=O)Nc2ccc(F)cc2)[C@@H]2C(=O)N(Cc3ccccc3)C(=O)[C@@H]21. The summed E-state index contributed by atoms with van der Waals surface area (Å²) >= 11 is 0. The molecule has 2 N–H and O–H groups in total. The number of imide groups is 1. The number of rotatable bonds is 8. The summed E-state index contributed by atoms with van der Waals surface area (Å²) in [5.74, 6) is -3.90. The van der Waals surface area contributed by atoms with Crippen molar-refractivity contribution in [2.75, 3.05) is 26.0 Å². The number of urea groups is 1. The Labute approximate surface area is 237 Å². The molecule has 10 heteroatoms. The van der Waals surface area contributed by atoms with Crippen molar-refractivity contribution >= 4 is 29.5 Å². The maximum atomic E-state index is 14.0. The van der Waals surface area contributed by atoms with E-state index in [0.717, 1.165) is 11.1 Å². The van der Waals surface area contributed by atoms with Crippen molar-refractivity contribution in [3.05, 3.63) is 102 Å². The number of likely N-dealkylation sites (N-methyl/N-ethyl adjacent to an activating group) is 1. The third-order valence-electron chi connectivity index (χ3n) is 7.82. The third kappa shape index (κ3) is 5.43. The summed E-state index contributed by atoms with van der Waals surface area (Å²) in [6.45, 7) is 0.0850. The summed E-state index contributed by atoms with van der Waals surface area (Å²) in [4.78, 5) is 57.0. The lowest BCUT2D eigenvalue weighted by molar-refractivity contribution is -0.154. The predicted octanol–water partition coefficient (Wildman–Crippen LogP) is 3.22. The molecule has 212 valence electrons. The van der Waals surface area contributed by atoms with Crippen molar-refractivity contribution in [1.82, 2.24) is 15.1 Å². The van der Waals surface area contributed by atoms with Gasteiger partial charge >= 0.3 is 12.0 Å². The van der Waals surface area contributed by atoms with Crippen LogP contribution >= 0.6 is 0 Å². The van der Waals surface area contributed by atoms with E-state index in [2.05, 4.69) is 10.6 Å².